The highest BCUT2D eigenvalue weighted by molar-refractivity contribution is 6.09. The third-order valence-corrected chi connectivity index (χ3v) is 5.36. The molecule has 27 heavy (non-hydrogen) atoms. The van der Waals surface area contributed by atoms with Gasteiger partial charge in [0, 0.05) is 12.1 Å². The number of urea groups is 1. The smallest absolute Gasteiger partial charge is 0.325 e. The van der Waals surface area contributed by atoms with Crippen molar-refractivity contribution in [1.82, 2.24) is 15.5 Å². The number of imide groups is 1. The Morgan fingerprint density at radius 1 is 1.30 bits per heavy atom. The maximum atomic E-state index is 13.6. The molecule has 2 aliphatic rings. The van der Waals surface area contributed by atoms with E-state index in [0.717, 1.165) is 11.3 Å². The number of halogens is 1. The maximum Gasteiger partial charge on any atom is 0.325 e. The quantitative estimate of drug-likeness (QED) is 0.794. The SMILES string of the molecule is C[C@@H]1CC(C)(C)C[C@@]2(C1)NC(=O)N(CC(=O)NCc1ccccc1F)C2=O. The molecule has 0 bridgehead atoms. The van der Waals surface area contributed by atoms with Crippen molar-refractivity contribution in [2.45, 2.75) is 52.1 Å². The number of carbonyl (C=O) groups excluding carboxylic acids is 3. The highest BCUT2D eigenvalue weighted by Crippen LogP contribution is 2.46. The van der Waals surface area contributed by atoms with Crippen LogP contribution in [-0.2, 0) is 16.1 Å². The third-order valence-electron chi connectivity index (χ3n) is 5.36. The van der Waals surface area contributed by atoms with Gasteiger partial charge < -0.3 is 10.6 Å². The topological polar surface area (TPSA) is 78.5 Å². The predicted molar refractivity (Wildman–Crippen MR) is 98.0 cm³/mol. The molecule has 0 unspecified atom stereocenters. The van der Waals surface area contributed by atoms with Crippen LogP contribution in [0, 0.1) is 17.2 Å². The van der Waals surface area contributed by atoms with E-state index in [9.17, 15) is 18.8 Å². The Morgan fingerprint density at radius 3 is 2.67 bits per heavy atom. The van der Waals surface area contributed by atoms with Crippen molar-refractivity contribution < 1.29 is 18.8 Å². The zero-order valence-electron chi connectivity index (χ0n) is 16.0. The van der Waals surface area contributed by atoms with E-state index >= 15 is 0 Å². The van der Waals surface area contributed by atoms with Crippen LogP contribution in [0.4, 0.5) is 9.18 Å². The molecule has 6 nitrogen and oxygen atoms in total. The van der Waals surface area contributed by atoms with Gasteiger partial charge in [0.15, 0.2) is 0 Å². The molecule has 1 spiro atoms. The second kappa shape index (κ2) is 6.94. The molecule has 1 heterocycles. The standard InChI is InChI=1S/C20H26FN3O3/c1-13-8-19(2,3)12-20(9-13)17(26)24(18(27)23-20)11-16(25)22-10-14-6-4-5-7-15(14)21/h4-7,13H,8-12H2,1-3H3,(H,22,25)(H,23,27)/t13-,20-/m1/s1. The number of carbonyl (C=O) groups is 3. The minimum atomic E-state index is -0.927. The fraction of sp³-hybridized carbons (Fsp3) is 0.550. The van der Waals surface area contributed by atoms with Gasteiger partial charge in [0.1, 0.15) is 17.9 Å². The Bertz CT molecular complexity index is 779. The molecule has 1 aliphatic heterocycles. The van der Waals surface area contributed by atoms with E-state index in [0.29, 0.717) is 24.3 Å². The summed E-state index contributed by atoms with van der Waals surface area (Å²) in [4.78, 5) is 38.6. The summed E-state index contributed by atoms with van der Waals surface area (Å²) in [6, 6.07) is 5.60. The molecule has 1 aromatic rings. The highest BCUT2D eigenvalue weighted by Gasteiger charge is 2.56. The van der Waals surface area contributed by atoms with Gasteiger partial charge in [-0.1, -0.05) is 39.0 Å². The molecule has 1 saturated heterocycles. The van der Waals surface area contributed by atoms with E-state index in [-0.39, 0.29) is 24.4 Å². The fourth-order valence-corrected chi connectivity index (χ4v) is 4.68. The molecule has 146 valence electrons. The molecule has 2 N–H and O–H groups in total. The van der Waals surface area contributed by atoms with Gasteiger partial charge in [-0.2, -0.15) is 0 Å². The summed E-state index contributed by atoms with van der Waals surface area (Å²) >= 11 is 0. The molecule has 3 rings (SSSR count). The lowest BCUT2D eigenvalue weighted by atomic mass is 9.64. The molecule has 1 aliphatic carbocycles. The summed E-state index contributed by atoms with van der Waals surface area (Å²) in [7, 11) is 0. The van der Waals surface area contributed by atoms with Crippen molar-refractivity contribution in [3.05, 3.63) is 35.6 Å². The van der Waals surface area contributed by atoms with Gasteiger partial charge in [0.25, 0.3) is 5.91 Å². The first kappa shape index (κ1) is 19.3. The first-order valence-corrected chi connectivity index (χ1v) is 9.26. The number of benzene rings is 1. The lowest BCUT2D eigenvalue weighted by molar-refractivity contribution is -0.137. The van der Waals surface area contributed by atoms with Gasteiger partial charge in [0.2, 0.25) is 5.91 Å². The lowest BCUT2D eigenvalue weighted by Gasteiger charge is -2.43. The van der Waals surface area contributed by atoms with Crippen LogP contribution < -0.4 is 10.6 Å². The zero-order chi connectivity index (χ0) is 19.8. The van der Waals surface area contributed by atoms with E-state index in [4.69, 9.17) is 0 Å². The van der Waals surface area contributed by atoms with E-state index in [1.165, 1.54) is 6.07 Å². The van der Waals surface area contributed by atoms with Crippen LogP contribution in [0.3, 0.4) is 0 Å². The number of hydrogen-bond acceptors (Lipinski definition) is 3. The van der Waals surface area contributed by atoms with Crippen molar-refractivity contribution in [2.75, 3.05) is 6.54 Å². The van der Waals surface area contributed by atoms with Gasteiger partial charge in [-0.15, -0.1) is 0 Å². The predicted octanol–water partition coefficient (Wildman–Crippen LogP) is 2.58. The Balaban J connectivity index is 1.65. The lowest BCUT2D eigenvalue weighted by Crippen LogP contribution is -2.54. The molecule has 2 atom stereocenters. The number of nitrogens with one attached hydrogen (secondary N) is 2. The number of hydrogen-bond donors (Lipinski definition) is 2. The maximum absolute atomic E-state index is 13.6. The van der Waals surface area contributed by atoms with Crippen molar-refractivity contribution in [1.29, 1.82) is 0 Å². The van der Waals surface area contributed by atoms with Crippen LogP contribution in [0.15, 0.2) is 24.3 Å². The summed E-state index contributed by atoms with van der Waals surface area (Å²) in [5, 5.41) is 5.41. The Morgan fingerprint density at radius 2 is 2.00 bits per heavy atom. The molecule has 4 amide bonds. The Kier molecular flexibility index (Phi) is 4.97. The summed E-state index contributed by atoms with van der Waals surface area (Å²) in [5.74, 6) is -0.951. The molecule has 1 saturated carbocycles. The van der Waals surface area contributed by atoms with E-state index in [2.05, 4.69) is 31.4 Å². The first-order valence-electron chi connectivity index (χ1n) is 9.26. The van der Waals surface area contributed by atoms with Gasteiger partial charge in [-0.05, 0) is 36.7 Å². The number of nitrogens with zero attached hydrogens (tertiary/aromatic N) is 1. The van der Waals surface area contributed by atoms with E-state index in [1.54, 1.807) is 18.2 Å². The Labute approximate surface area is 158 Å². The largest absolute Gasteiger partial charge is 0.350 e. The van der Waals surface area contributed by atoms with Gasteiger partial charge in [0.05, 0.1) is 0 Å². The van der Waals surface area contributed by atoms with Gasteiger partial charge in [-0.3, -0.25) is 14.5 Å². The summed E-state index contributed by atoms with van der Waals surface area (Å²) in [6.07, 6.45) is 2.12. The molecule has 0 aromatic heterocycles. The minimum Gasteiger partial charge on any atom is -0.350 e. The van der Waals surface area contributed by atoms with Gasteiger partial charge >= 0.3 is 6.03 Å². The van der Waals surface area contributed by atoms with Crippen LogP contribution in [-0.4, -0.2) is 34.8 Å². The first-order chi connectivity index (χ1) is 12.6. The van der Waals surface area contributed by atoms with Crippen molar-refractivity contribution >= 4 is 17.8 Å². The fourth-order valence-electron chi connectivity index (χ4n) is 4.68. The van der Waals surface area contributed by atoms with Crippen molar-refractivity contribution in [3.8, 4) is 0 Å². The molecule has 2 fully saturated rings. The van der Waals surface area contributed by atoms with Crippen molar-refractivity contribution in [2.24, 2.45) is 11.3 Å². The van der Waals surface area contributed by atoms with Crippen LogP contribution in [0.1, 0.15) is 45.6 Å². The van der Waals surface area contributed by atoms with Crippen LogP contribution in [0.2, 0.25) is 0 Å². The zero-order valence-corrected chi connectivity index (χ0v) is 16.0. The van der Waals surface area contributed by atoms with Crippen LogP contribution in [0.25, 0.3) is 0 Å². The second-order valence-corrected chi connectivity index (χ2v) is 8.63. The van der Waals surface area contributed by atoms with Gasteiger partial charge in [-0.25, -0.2) is 9.18 Å². The minimum absolute atomic E-state index is 0.00433. The Hall–Kier alpha value is -2.44. The highest BCUT2D eigenvalue weighted by atomic mass is 19.1. The van der Waals surface area contributed by atoms with E-state index < -0.39 is 23.3 Å². The molecular formula is C20H26FN3O3. The monoisotopic (exact) mass is 375 g/mol. The summed E-state index contributed by atoms with van der Waals surface area (Å²) in [6.45, 7) is 5.90. The second-order valence-electron chi connectivity index (χ2n) is 8.63. The van der Waals surface area contributed by atoms with Crippen LogP contribution >= 0.6 is 0 Å². The summed E-state index contributed by atoms with van der Waals surface area (Å²) < 4.78 is 13.6. The number of amides is 4. The summed E-state index contributed by atoms with van der Waals surface area (Å²) in [5.41, 5.74) is -0.643. The van der Waals surface area contributed by atoms with E-state index in [1.807, 2.05) is 0 Å². The normalized spacial score (nSPS) is 27.0. The molecule has 7 heteroatoms. The van der Waals surface area contributed by atoms with Crippen molar-refractivity contribution in [3.63, 3.8) is 0 Å². The third kappa shape index (κ3) is 3.96. The van der Waals surface area contributed by atoms with Crippen LogP contribution in [0.5, 0.6) is 0 Å². The number of rotatable bonds is 4. The molecule has 1 aromatic carbocycles. The average molecular weight is 375 g/mol. The molecular weight excluding hydrogens is 349 g/mol. The molecule has 0 radical (unpaired) electrons. The average Bonchev–Trinajstić information content (AvgIpc) is 2.75.